The standard InChI is InChI=1S/C17H25N3O4/c1-13(21)18-8-9-19-17(23)20(12-15-6-4-10-24-15)11-14-5-2-3-7-16(14)22/h2-3,5,7,15,22H,4,6,8-12H2,1H3,(H,18,21)(H,19,23)/t15-/m1/s1. The number of rotatable bonds is 7. The van der Waals surface area contributed by atoms with Crippen molar-refractivity contribution in [1.29, 1.82) is 0 Å². The minimum absolute atomic E-state index is 0.0250. The van der Waals surface area contributed by atoms with Gasteiger partial charge in [0.15, 0.2) is 0 Å². The highest BCUT2D eigenvalue weighted by atomic mass is 16.5. The number of para-hydroxylation sites is 1. The number of phenols is 1. The number of carbonyl (C=O) groups excluding carboxylic acids is 2. The van der Waals surface area contributed by atoms with Gasteiger partial charge in [-0.2, -0.15) is 0 Å². The summed E-state index contributed by atoms with van der Waals surface area (Å²) in [6, 6.07) is 6.74. The van der Waals surface area contributed by atoms with Gasteiger partial charge in [0, 0.05) is 38.7 Å². The van der Waals surface area contributed by atoms with Gasteiger partial charge in [-0.1, -0.05) is 18.2 Å². The molecule has 0 aliphatic carbocycles. The number of hydrogen-bond acceptors (Lipinski definition) is 4. The second kappa shape index (κ2) is 9.12. The number of amides is 3. The fourth-order valence-electron chi connectivity index (χ4n) is 2.62. The molecule has 0 aromatic heterocycles. The van der Waals surface area contributed by atoms with Crippen molar-refractivity contribution in [2.24, 2.45) is 0 Å². The van der Waals surface area contributed by atoms with Gasteiger partial charge in [-0.15, -0.1) is 0 Å². The van der Waals surface area contributed by atoms with E-state index in [1.165, 1.54) is 6.92 Å². The average molecular weight is 335 g/mol. The third-order valence-corrected chi connectivity index (χ3v) is 3.86. The van der Waals surface area contributed by atoms with E-state index in [9.17, 15) is 14.7 Å². The molecular weight excluding hydrogens is 310 g/mol. The normalized spacial score (nSPS) is 16.6. The van der Waals surface area contributed by atoms with E-state index in [2.05, 4.69) is 10.6 Å². The number of urea groups is 1. The summed E-state index contributed by atoms with van der Waals surface area (Å²) < 4.78 is 5.62. The van der Waals surface area contributed by atoms with Crippen LogP contribution in [0.25, 0.3) is 0 Å². The number of phenolic OH excluding ortho intramolecular Hbond substituents is 1. The topological polar surface area (TPSA) is 90.9 Å². The molecule has 0 unspecified atom stereocenters. The number of ether oxygens (including phenoxy) is 1. The van der Waals surface area contributed by atoms with Crippen LogP contribution in [-0.2, 0) is 16.1 Å². The number of aromatic hydroxyl groups is 1. The van der Waals surface area contributed by atoms with Gasteiger partial charge in [0.2, 0.25) is 5.91 Å². The molecule has 7 heteroatoms. The highest BCUT2D eigenvalue weighted by Gasteiger charge is 2.23. The summed E-state index contributed by atoms with van der Waals surface area (Å²) in [5, 5.41) is 15.4. The van der Waals surface area contributed by atoms with Crippen molar-refractivity contribution in [3.63, 3.8) is 0 Å². The fraction of sp³-hybridized carbons (Fsp3) is 0.529. The van der Waals surface area contributed by atoms with E-state index in [4.69, 9.17) is 4.74 Å². The Morgan fingerprint density at radius 3 is 2.71 bits per heavy atom. The second-order valence-electron chi connectivity index (χ2n) is 5.86. The van der Waals surface area contributed by atoms with E-state index in [0.29, 0.717) is 31.7 Å². The van der Waals surface area contributed by atoms with Crippen molar-refractivity contribution in [3.8, 4) is 5.75 Å². The fourth-order valence-corrected chi connectivity index (χ4v) is 2.62. The molecule has 132 valence electrons. The molecule has 1 aliphatic heterocycles. The van der Waals surface area contributed by atoms with Crippen molar-refractivity contribution in [1.82, 2.24) is 15.5 Å². The number of hydrogen-bond donors (Lipinski definition) is 3. The molecular formula is C17H25N3O4. The zero-order chi connectivity index (χ0) is 17.4. The molecule has 1 atom stereocenters. The third kappa shape index (κ3) is 5.73. The molecule has 3 N–H and O–H groups in total. The predicted octanol–water partition coefficient (Wildman–Crippen LogP) is 1.22. The largest absolute Gasteiger partial charge is 0.508 e. The van der Waals surface area contributed by atoms with Gasteiger partial charge in [0.25, 0.3) is 0 Å². The van der Waals surface area contributed by atoms with Crippen LogP contribution in [0.5, 0.6) is 5.75 Å². The molecule has 1 saturated heterocycles. The van der Waals surface area contributed by atoms with Crippen molar-refractivity contribution >= 4 is 11.9 Å². The summed E-state index contributed by atoms with van der Waals surface area (Å²) in [5.41, 5.74) is 0.688. The average Bonchev–Trinajstić information content (AvgIpc) is 3.05. The molecule has 0 bridgehead atoms. The lowest BCUT2D eigenvalue weighted by atomic mass is 10.1. The van der Waals surface area contributed by atoms with Crippen LogP contribution in [0.1, 0.15) is 25.3 Å². The lowest BCUT2D eigenvalue weighted by molar-refractivity contribution is -0.118. The summed E-state index contributed by atoms with van der Waals surface area (Å²) in [4.78, 5) is 24.9. The van der Waals surface area contributed by atoms with Gasteiger partial charge in [-0.3, -0.25) is 4.79 Å². The summed E-state index contributed by atoms with van der Waals surface area (Å²) in [5.74, 6) is 0.0376. The molecule has 1 fully saturated rings. The van der Waals surface area contributed by atoms with E-state index < -0.39 is 0 Å². The monoisotopic (exact) mass is 335 g/mol. The first-order valence-corrected chi connectivity index (χ1v) is 8.22. The maximum Gasteiger partial charge on any atom is 0.317 e. The van der Waals surface area contributed by atoms with Crippen LogP contribution in [0.2, 0.25) is 0 Å². The molecule has 1 aromatic carbocycles. The SMILES string of the molecule is CC(=O)NCCNC(=O)N(Cc1ccccc1O)C[C@H]1CCCO1. The summed E-state index contributed by atoms with van der Waals surface area (Å²) in [7, 11) is 0. The van der Waals surface area contributed by atoms with Crippen molar-refractivity contribution in [2.45, 2.75) is 32.4 Å². The first-order valence-electron chi connectivity index (χ1n) is 8.22. The Balaban J connectivity index is 1.94. The Morgan fingerprint density at radius 2 is 2.04 bits per heavy atom. The predicted molar refractivity (Wildman–Crippen MR) is 89.6 cm³/mol. The maximum absolute atomic E-state index is 12.5. The first-order chi connectivity index (χ1) is 11.6. The smallest absolute Gasteiger partial charge is 0.317 e. The zero-order valence-electron chi connectivity index (χ0n) is 14.0. The Hall–Kier alpha value is -2.28. The van der Waals surface area contributed by atoms with E-state index >= 15 is 0 Å². The minimum atomic E-state index is -0.237. The lowest BCUT2D eigenvalue weighted by Gasteiger charge is -2.26. The highest BCUT2D eigenvalue weighted by molar-refractivity contribution is 5.75. The van der Waals surface area contributed by atoms with Gasteiger partial charge >= 0.3 is 6.03 Å². The third-order valence-electron chi connectivity index (χ3n) is 3.86. The number of carbonyl (C=O) groups is 2. The molecule has 0 radical (unpaired) electrons. The lowest BCUT2D eigenvalue weighted by Crippen LogP contribution is -2.45. The van der Waals surface area contributed by atoms with Gasteiger partial charge < -0.3 is 25.4 Å². The number of nitrogens with zero attached hydrogens (tertiary/aromatic N) is 1. The molecule has 7 nitrogen and oxygen atoms in total. The van der Waals surface area contributed by atoms with Crippen LogP contribution in [0.15, 0.2) is 24.3 Å². The molecule has 0 spiro atoms. The maximum atomic E-state index is 12.5. The Morgan fingerprint density at radius 1 is 1.29 bits per heavy atom. The zero-order valence-corrected chi connectivity index (χ0v) is 14.0. The van der Waals surface area contributed by atoms with Gasteiger partial charge in [-0.05, 0) is 18.9 Å². The Labute approximate surface area is 142 Å². The summed E-state index contributed by atoms with van der Waals surface area (Å²) >= 11 is 0. The van der Waals surface area contributed by atoms with Crippen LogP contribution in [-0.4, -0.2) is 54.3 Å². The quantitative estimate of drug-likeness (QED) is 0.654. The van der Waals surface area contributed by atoms with E-state index in [1.54, 1.807) is 23.1 Å². The molecule has 2 rings (SSSR count). The van der Waals surface area contributed by atoms with Crippen LogP contribution >= 0.6 is 0 Å². The second-order valence-corrected chi connectivity index (χ2v) is 5.86. The van der Waals surface area contributed by atoms with E-state index in [1.807, 2.05) is 6.07 Å². The Kier molecular flexibility index (Phi) is 6.87. The molecule has 1 heterocycles. The minimum Gasteiger partial charge on any atom is -0.508 e. The van der Waals surface area contributed by atoms with Gasteiger partial charge in [0.05, 0.1) is 12.6 Å². The first kappa shape index (κ1) is 18.1. The van der Waals surface area contributed by atoms with Gasteiger partial charge in [0.1, 0.15) is 5.75 Å². The summed E-state index contributed by atoms with van der Waals surface area (Å²) in [6.45, 7) is 3.66. The van der Waals surface area contributed by atoms with Crippen molar-refractivity contribution in [3.05, 3.63) is 29.8 Å². The number of nitrogens with one attached hydrogen (secondary N) is 2. The van der Waals surface area contributed by atoms with Crippen LogP contribution < -0.4 is 10.6 Å². The van der Waals surface area contributed by atoms with E-state index in [0.717, 1.165) is 19.4 Å². The van der Waals surface area contributed by atoms with Gasteiger partial charge in [-0.25, -0.2) is 4.79 Å². The van der Waals surface area contributed by atoms with Crippen molar-refractivity contribution < 1.29 is 19.4 Å². The number of benzene rings is 1. The molecule has 24 heavy (non-hydrogen) atoms. The van der Waals surface area contributed by atoms with Crippen LogP contribution in [0, 0.1) is 0 Å². The van der Waals surface area contributed by atoms with Crippen LogP contribution in [0.4, 0.5) is 4.79 Å². The molecule has 1 aromatic rings. The molecule has 0 saturated carbocycles. The van der Waals surface area contributed by atoms with E-state index in [-0.39, 0.29) is 23.8 Å². The van der Waals surface area contributed by atoms with Crippen LogP contribution in [0.3, 0.4) is 0 Å². The van der Waals surface area contributed by atoms with Crippen molar-refractivity contribution in [2.75, 3.05) is 26.2 Å². The summed E-state index contributed by atoms with van der Waals surface area (Å²) in [6.07, 6.45) is 1.95. The highest BCUT2D eigenvalue weighted by Crippen LogP contribution is 2.20. The Bertz CT molecular complexity index is 559. The molecule has 3 amide bonds. The molecule has 1 aliphatic rings.